The van der Waals surface area contributed by atoms with Gasteiger partial charge in [0.2, 0.25) is 0 Å². The first-order valence-corrected chi connectivity index (χ1v) is 3.88. The first-order chi connectivity index (χ1) is 5.25. The molecule has 1 aliphatic heterocycles. The van der Waals surface area contributed by atoms with E-state index in [0.29, 0.717) is 0 Å². The Balaban J connectivity index is 2.62. The van der Waals surface area contributed by atoms with Crippen molar-refractivity contribution < 1.29 is 9.84 Å². The summed E-state index contributed by atoms with van der Waals surface area (Å²) in [5.74, 6) is 0.149. The van der Waals surface area contributed by atoms with Gasteiger partial charge in [0, 0.05) is 5.92 Å². The van der Waals surface area contributed by atoms with Gasteiger partial charge in [0.25, 0.3) is 0 Å². The van der Waals surface area contributed by atoms with E-state index < -0.39 is 0 Å². The summed E-state index contributed by atoms with van der Waals surface area (Å²) in [6.07, 6.45) is 6.79. The highest BCUT2D eigenvalue weighted by Crippen LogP contribution is 2.19. The van der Waals surface area contributed by atoms with Crippen molar-refractivity contribution in [2.45, 2.75) is 26.1 Å². The van der Waals surface area contributed by atoms with E-state index in [9.17, 15) is 5.11 Å². The third-order valence-electron chi connectivity index (χ3n) is 1.95. The van der Waals surface area contributed by atoms with E-state index in [1.807, 2.05) is 26.0 Å². The number of rotatable bonds is 1. The molecule has 0 aliphatic carbocycles. The minimum absolute atomic E-state index is 0.0278. The van der Waals surface area contributed by atoms with Crippen LogP contribution < -0.4 is 0 Å². The Morgan fingerprint density at radius 2 is 2.27 bits per heavy atom. The van der Waals surface area contributed by atoms with E-state index in [1.54, 1.807) is 12.3 Å². The van der Waals surface area contributed by atoms with Gasteiger partial charge in [-0.05, 0) is 19.1 Å². The van der Waals surface area contributed by atoms with Crippen molar-refractivity contribution >= 4 is 0 Å². The van der Waals surface area contributed by atoms with Crippen molar-refractivity contribution in [3.63, 3.8) is 0 Å². The van der Waals surface area contributed by atoms with Crippen molar-refractivity contribution in [2.24, 2.45) is 5.92 Å². The first-order valence-electron chi connectivity index (χ1n) is 3.88. The second-order valence-electron chi connectivity index (χ2n) is 2.80. The fourth-order valence-electron chi connectivity index (χ4n) is 1.12. The fraction of sp³-hybridized carbons (Fsp3) is 0.556. The lowest BCUT2D eigenvalue weighted by Crippen LogP contribution is -2.31. The van der Waals surface area contributed by atoms with E-state index in [0.717, 1.165) is 0 Å². The molecule has 0 amide bonds. The van der Waals surface area contributed by atoms with Crippen LogP contribution in [0.25, 0.3) is 0 Å². The quantitative estimate of drug-likeness (QED) is 0.579. The molecule has 0 unspecified atom stereocenters. The van der Waals surface area contributed by atoms with E-state index in [1.165, 1.54) is 0 Å². The Morgan fingerprint density at radius 3 is 2.91 bits per heavy atom. The lowest BCUT2D eigenvalue weighted by atomic mass is 9.96. The number of hydrogen-bond donors (Lipinski definition) is 1. The van der Waals surface area contributed by atoms with Crippen LogP contribution in [0, 0.1) is 5.92 Å². The second kappa shape index (κ2) is 3.58. The zero-order valence-electron chi connectivity index (χ0n) is 6.90. The van der Waals surface area contributed by atoms with Gasteiger partial charge >= 0.3 is 0 Å². The SMILES string of the molecule is C/C=C/[C@H]1OC=C[C@@H](O)[C@@H]1C. The average molecular weight is 154 g/mol. The van der Waals surface area contributed by atoms with Crippen LogP contribution in [0.1, 0.15) is 13.8 Å². The summed E-state index contributed by atoms with van der Waals surface area (Å²) >= 11 is 0. The van der Waals surface area contributed by atoms with Crippen LogP contribution in [0.2, 0.25) is 0 Å². The van der Waals surface area contributed by atoms with Gasteiger partial charge in [-0.15, -0.1) is 0 Å². The molecule has 0 aromatic carbocycles. The van der Waals surface area contributed by atoms with Crippen LogP contribution in [0.5, 0.6) is 0 Å². The standard InChI is InChI=1S/C9H14O2/c1-3-4-9-7(2)8(10)5-6-11-9/h3-10H,1-2H3/b4-3+/t7-,8+,9+/m0/s1. The molecule has 0 bridgehead atoms. The zero-order chi connectivity index (χ0) is 8.27. The smallest absolute Gasteiger partial charge is 0.121 e. The summed E-state index contributed by atoms with van der Waals surface area (Å²) in [7, 11) is 0. The molecule has 1 aliphatic rings. The molecule has 2 heteroatoms. The summed E-state index contributed by atoms with van der Waals surface area (Å²) in [6.45, 7) is 3.92. The van der Waals surface area contributed by atoms with Crippen molar-refractivity contribution in [3.8, 4) is 0 Å². The molecule has 0 radical (unpaired) electrons. The normalized spacial score (nSPS) is 37.5. The summed E-state index contributed by atoms with van der Waals surface area (Å²) in [6, 6.07) is 0. The maximum absolute atomic E-state index is 9.37. The molecule has 0 aromatic rings. The third-order valence-corrected chi connectivity index (χ3v) is 1.95. The summed E-state index contributed by atoms with van der Waals surface area (Å²) in [5.41, 5.74) is 0. The molecule has 1 heterocycles. The number of ether oxygens (including phenoxy) is 1. The van der Waals surface area contributed by atoms with Gasteiger partial charge in [-0.3, -0.25) is 0 Å². The highest BCUT2D eigenvalue weighted by molar-refractivity contribution is 5.01. The number of aliphatic hydroxyl groups excluding tert-OH is 1. The average Bonchev–Trinajstić information content (AvgIpc) is 1.99. The van der Waals surface area contributed by atoms with Crippen molar-refractivity contribution in [1.82, 2.24) is 0 Å². The van der Waals surface area contributed by atoms with Crippen molar-refractivity contribution in [1.29, 1.82) is 0 Å². The van der Waals surface area contributed by atoms with Crippen LogP contribution in [0.4, 0.5) is 0 Å². The van der Waals surface area contributed by atoms with Gasteiger partial charge in [0.15, 0.2) is 0 Å². The monoisotopic (exact) mass is 154 g/mol. The minimum Gasteiger partial charge on any atom is -0.494 e. The van der Waals surface area contributed by atoms with Gasteiger partial charge in [-0.1, -0.05) is 13.0 Å². The number of allylic oxidation sites excluding steroid dienone is 1. The predicted octanol–water partition coefficient (Wildman–Crippen LogP) is 1.47. The molecule has 0 fully saturated rings. The molecule has 0 saturated heterocycles. The Kier molecular flexibility index (Phi) is 2.71. The molecule has 0 spiro atoms. The lowest BCUT2D eigenvalue weighted by Gasteiger charge is -2.27. The van der Waals surface area contributed by atoms with Crippen LogP contribution in [-0.2, 0) is 4.74 Å². The van der Waals surface area contributed by atoms with Crippen LogP contribution >= 0.6 is 0 Å². The Hall–Kier alpha value is -0.760. The highest BCUT2D eigenvalue weighted by Gasteiger charge is 2.24. The zero-order valence-corrected chi connectivity index (χ0v) is 6.90. The maximum atomic E-state index is 9.37. The molecule has 1 rings (SSSR count). The van der Waals surface area contributed by atoms with Crippen molar-refractivity contribution in [3.05, 3.63) is 24.5 Å². The summed E-state index contributed by atoms with van der Waals surface area (Å²) < 4.78 is 5.27. The predicted molar refractivity (Wildman–Crippen MR) is 44.0 cm³/mol. The molecule has 11 heavy (non-hydrogen) atoms. The molecule has 3 atom stereocenters. The molecular weight excluding hydrogens is 140 g/mol. The second-order valence-corrected chi connectivity index (χ2v) is 2.80. The first kappa shape index (κ1) is 8.34. The minimum atomic E-state index is -0.370. The van der Waals surface area contributed by atoms with E-state index >= 15 is 0 Å². The van der Waals surface area contributed by atoms with Crippen LogP contribution in [-0.4, -0.2) is 17.3 Å². The highest BCUT2D eigenvalue weighted by atomic mass is 16.5. The number of hydrogen-bond acceptors (Lipinski definition) is 2. The number of aliphatic hydroxyl groups is 1. The molecule has 0 aromatic heterocycles. The van der Waals surface area contributed by atoms with Crippen molar-refractivity contribution in [2.75, 3.05) is 0 Å². The van der Waals surface area contributed by atoms with E-state index in [2.05, 4.69) is 0 Å². The molecule has 0 saturated carbocycles. The molecule has 2 nitrogen and oxygen atoms in total. The molecular formula is C9H14O2. The lowest BCUT2D eigenvalue weighted by molar-refractivity contribution is 0.0379. The van der Waals surface area contributed by atoms with Crippen LogP contribution in [0.15, 0.2) is 24.5 Å². The fourth-order valence-corrected chi connectivity index (χ4v) is 1.12. The molecule has 1 N–H and O–H groups in total. The van der Waals surface area contributed by atoms with E-state index in [4.69, 9.17) is 4.74 Å². The van der Waals surface area contributed by atoms with Gasteiger partial charge in [-0.2, -0.15) is 0 Å². The van der Waals surface area contributed by atoms with Gasteiger partial charge in [0.05, 0.1) is 12.4 Å². The van der Waals surface area contributed by atoms with Gasteiger partial charge in [0.1, 0.15) is 6.10 Å². The van der Waals surface area contributed by atoms with E-state index in [-0.39, 0.29) is 18.1 Å². The van der Waals surface area contributed by atoms with Crippen LogP contribution in [0.3, 0.4) is 0 Å². The Bertz CT molecular complexity index is 172. The largest absolute Gasteiger partial charge is 0.494 e. The Morgan fingerprint density at radius 1 is 1.55 bits per heavy atom. The van der Waals surface area contributed by atoms with Gasteiger partial charge in [-0.25, -0.2) is 0 Å². The summed E-state index contributed by atoms with van der Waals surface area (Å²) in [5, 5.41) is 9.37. The third kappa shape index (κ3) is 1.84. The molecule has 62 valence electrons. The Labute approximate surface area is 67.2 Å². The topological polar surface area (TPSA) is 29.5 Å². The van der Waals surface area contributed by atoms with Gasteiger partial charge < -0.3 is 9.84 Å². The maximum Gasteiger partial charge on any atom is 0.121 e. The summed E-state index contributed by atoms with van der Waals surface area (Å²) in [4.78, 5) is 0.